The number of methoxy groups -OCH3 is 7. The van der Waals surface area contributed by atoms with Crippen molar-refractivity contribution in [2.45, 2.75) is 45.6 Å². The summed E-state index contributed by atoms with van der Waals surface area (Å²) in [5, 5.41) is 4.83. The summed E-state index contributed by atoms with van der Waals surface area (Å²) < 4.78 is 34.2. The van der Waals surface area contributed by atoms with Crippen LogP contribution in [0.3, 0.4) is 0 Å². The van der Waals surface area contributed by atoms with E-state index in [9.17, 15) is 33.6 Å². The summed E-state index contributed by atoms with van der Waals surface area (Å²) in [4.78, 5) is 88.8. The predicted octanol–water partition coefficient (Wildman–Crippen LogP) is -1.27. The summed E-state index contributed by atoms with van der Waals surface area (Å²) >= 11 is 0. The Bertz CT molecular complexity index is 1090. The van der Waals surface area contributed by atoms with Crippen molar-refractivity contribution in [1.82, 2.24) is 40.0 Å². The van der Waals surface area contributed by atoms with E-state index < -0.39 is 60.6 Å². The largest absolute Gasteiger partial charge is 0.364 e. The van der Waals surface area contributed by atoms with Crippen LogP contribution in [-0.4, -0.2) is 179 Å². The molecule has 2 N–H and O–H groups in total. The molecule has 0 spiro atoms. The van der Waals surface area contributed by atoms with Crippen molar-refractivity contribution in [2.24, 2.45) is 0 Å². The van der Waals surface area contributed by atoms with Gasteiger partial charge in [-0.05, 0) is 0 Å². The molecule has 3 saturated heterocycles. The van der Waals surface area contributed by atoms with Gasteiger partial charge in [-0.2, -0.15) is 0 Å². The number of amides is 11. The van der Waals surface area contributed by atoms with Gasteiger partial charge in [-0.25, -0.2) is 33.9 Å². The number of imide groups is 3. The lowest BCUT2D eigenvalue weighted by atomic mass is 10.3. The van der Waals surface area contributed by atoms with E-state index in [2.05, 4.69) is 20.1 Å². The molecule has 0 radical (unpaired) electrons. The van der Waals surface area contributed by atoms with Gasteiger partial charge in [0.05, 0.1) is 0 Å². The maximum absolute atomic E-state index is 12.4. The zero-order valence-electron chi connectivity index (χ0n) is 28.7. The number of carbonyl (C=O) groups excluding carboxylic acids is 7. The number of hydrogen-bond donors (Lipinski definition) is 2. The molecular formula is C26H46N8O14. The minimum atomic E-state index is -1.03. The minimum Gasteiger partial charge on any atom is -0.364 e. The highest BCUT2D eigenvalue weighted by molar-refractivity contribution is 6.02. The van der Waals surface area contributed by atoms with E-state index in [1.54, 1.807) is 0 Å². The number of urea groups is 4. The van der Waals surface area contributed by atoms with Crippen LogP contribution in [0.5, 0.6) is 0 Å². The summed E-state index contributed by atoms with van der Waals surface area (Å²) in [6.07, 6.45) is -3.26. The molecule has 274 valence electrons. The third-order valence-corrected chi connectivity index (χ3v) is 6.65. The van der Waals surface area contributed by atoms with Gasteiger partial charge >= 0.3 is 24.1 Å². The summed E-state index contributed by atoms with van der Waals surface area (Å²) in [5.41, 5.74) is 0. The fraction of sp³-hybridized carbons (Fsp3) is 0.731. The molecule has 3 aliphatic heterocycles. The Kier molecular flexibility index (Phi) is 17.6. The first kappa shape index (κ1) is 41.8. The van der Waals surface area contributed by atoms with Gasteiger partial charge in [0.2, 0.25) is 17.7 Å². The first-order valence-electron chi connectivity index (χ1n) is 14.1. The van der Waals surface area contributed by atoms with Crippen LogP contribution in [0.15, 0.2) is 0 Å². The minimum absolute atomic E-state index is 0.0426. The zero-order valence-corrected chi connectivity index (χ0v) is 28.7. The Morgan fingerprint density at radius 2 is 0.875 bits per heavy atom. The van der Waals surface area contributed by atoms with E-state index in [-0.39, 0.29) is 39.7 Å². The average Bonchev–Trinajstić information content (AvgIpc) is 3.59. The van der Waals surface area contributed by atoms with Gasteiger partial charge in [0.15, 0.2) is 24.8 Å². The maximum atomic E-state index is 12.4. The number of fused-ring (bicyclic) bond motifs is 1. The van der Waals surface area contributed by atoms with Crippen molar-refractivity contribution in [3.05, 3.63) is 0 Å². The normalized spacial score (nSPS) is 21.5. The van der Waals surface area contributed by atoms with Gasteiger partial charge in [0.1, 0.15) is 33.7 Å². The number of nitrogens with one attached hydrogen (secondary N) is 2. The molecule has 22 nitrogen and oxygen atoms in total. The summed E-state index contributed by atoms with van der Waals surface area (Å²) in [6.45, 7) is 3.91. The van der Waals surface area contributed by atoms with Crippen molar-refractivity contribution >= 4 is 41.8 Å². The van der Waals surface area contributed by atoms with Gasteiger partial charge in [0.25, 0.3) is 0 Å². The van der Waals surface area contributed by atoms with Crippen LogP contribution < -0.4 is 10.6 Å². The lowest BCUT2D eigenvalue weighted by Gasteiger charge is -2.27. The van der Waals surface area contributed by atoms with Crippen molar-refractivity contribution in [1.29, 1.82) is 0 Å². The highest BCUT2D eigenvalue weighted by atomic mass is 16.6. The molecule has 22 heteroatoms. The van der Waals surface area contributed by atoms with Gasteiger partial charge in [-0.3, -0.25) is 29.1 Å². The number of carbonyl (C=O) groups is 7. The van der Waals surface area contributed by atoms with Gasteiger partial charge < -0.3 is 43.8 Å². The predicted molar refractivity (Wildman–Crippen MR) is 159 cm³/mol. The van der Waals surface area contributed by atoms with E-state index in [1.165, 1.54) is 85.2 Å². The van der Waals surface area contributed by atoms with Crippen LogP contribution in [0.25, 0.3) is 0 Å². The quantitative estimate of drug-likeness (QED) is 0.227. The highest BCUT2D eigenvalue weighted by Crippen LogP contribution is 2.35. The molecule has 3 fully saturated rings. The van der Waals surface area contributed by atoms with E-state index in [0.717, 1.165) is 14.7 Å². The van der Waals surface area contributed by atoms with E-state index in [4.69, 9.17) is 23.7 Å². The average molecular weight is 695 g/mol. The van der Waals surface area contributed by atoms with Crippen LogP contribution in [0.2, 0.25) is 0 Å². The highest BCUT2D eigenvalue weighted by Gasteiger charge is 2.61. The topological polar surface area (TPSA) is 228 Å². The second-order valence-electron chi connectivity index (χ2n) is 9.81. The zero-order chi connectivity index (χ0) is 36.7. The molecule has 3 heterocycles. The molecule has 48 heavy (non-hydrogen) atoms. The van der Waals surface area contributed by atoms with Crippen LogP contribution in [0.4, 0.5) is 19.2 Å². The van der Waals surface area contributed by atoms with E-state index >= 15 is 0 Å². The fourth-order valence-electron chi connectivity index (χ4n) is 4.81. The third-order valence-electron chi connectivity index (χ3n) is 6.65. The fourth-order valence-corrected chi connectivity index (χ4v) is 4.81. The van der Waals surface area contributed by atoms with Gasteiger partial charge in [0, 0.05) is 70.5 Å². The van der Waals surface area contributed by atoms with E-state index in [0.29, 0.717) is 0 Å². The summed E-state index contributed by atoms with van der Waals surface area (Å²) in [7, 11) is 10.1. The van der Waals surface area contributed by atoms with Gasteiger partial charge in [-0.1, -0.05) is 0 Å². The summed E-state index contributed by atoms with van der Waals surface area (Å²) in [5.74, 6) is -1.51. The number of rotatable bonds is 12. The molecule has 0 saturated carbocycles. The van der Waals surface area contributed by atoms with Crippen LogP contribution in [-0.2, 0) is 47.5 Å². The molecule has 0 aromatic rings. The molecule has 11 amide bonds. The summed E-state index contributed by atoms with van der Waals surface area (Å²) in [6, 6.07) is -2.02. The number of ether oxygens (including phenoxy) is 7. The Labute approximate surface area is 277 Å². The Balaban J connectivity index is 0.000000389. The third kappa shape index (κ3) is 9.68. The van der Waals surface area contributed by atoms with Crippen LogP contribution in [0, 0.1) is 0 Å². The van der Waals surface area contributed by atoms with E-state index in [1.807, 2.05) is 0 Å². The van der Waals surface area contributed by atoms with Crippen molar-refractivity contribution in [3.63, 3.8) is 0 Å². The molecule has 3 rings (SSSR count). The smallest absolute Gasteiger partial charge is 0.333 e. The van der Waals surface area contributed by atoms with Gasteiger partial charge in [-0.15, -0.1) is 0 Å². The monoisotopic (exact) mass is 694 g/mol. The van der Waals surface area contributed by atoms with Crippen LogP contribution >= 0.6 is 0 Å². The first-order chi connectivity index (χ1) is 22.7. The molecule has 0 aliphatic carbocycles. The Morgan fingerprint density at radius 1 is 0.521 bits per heavy atom. The Hall–Kier alpha value is -4.19. The Morgan fingerprint density at radius 3 is 1.19 bits per heavy atom. The lowest BCUT2D eigenvalue weighted by molar-refractivity contribution is -0.147. The second kappa shape index (κ2) is 20.2. The van der Waals surface area contributed by atoms with Crippen LogP contribution in [0.1, 0.15) is 20.8 Å². The number of hydrogen-bond acceptors (Lipinski definition) is 14. The van der Waals surface area contributed by atoms with Crippen molar-refractivity contribution < 1.29 is 66.7 Å². The molecule has 3 aliphatic rings. The lowest BCUT2D eigenvalue weighted by Crippen LogP contribution is -2.50. The molecule has 2 atom stereocenters. The second-order valence-corrected chi connectivity index (χ2v) is 9.81. The molecule has 0 bridgehead atoms. The SMILES string of the molecule is COCN1C(=O)N(C(C)=O)C(OC)C1OC.COCN1C(=O)N(C(C)=O)C2C1N(COC)C(=O)N2C(C)=O.COCNC(=O)NCOC. The first-order valence-corrected chi connectivity index (χ1v) is 14.1. The maximum Gasteiger partial charge on any atom is 0.333 e. The van der Waals surface area contributed by atoms with Crippen molar-refractivity contribution in [2.75, 3.05) is 83.4 Å². The molecule has 0 aromatic carbocycles. The molecule has 2 unspecified atom stereocenters. The number of nitrogens with zero attached hydrogens (tertiary/aromatic N) is 6. The molecule has 0 aromatic heterocycles. The standard InChI is InChI=1S/C12H18N4O6.C9H16N2O5.C5H12N2O3/c1-7(17)15-10-9(13(5-21-3)11(15)19)14(6-22-4)12(20)16(10)8(2)18;1-6(12)11-8(16-4)7(15-3)10(5-14-2)9(11)13;1-9-3-6-5(8)7-4-10-2/h9-10H,5-6H2,1-4H3;7-8H,5H2,1-4H3;3-4H2,1-2H3,(H2,6,7,8). The molecular weight excluding hydrogens is 648 g/mol. The van der Waals surface area contributed by atoms with Crippen molar-refractivity contribution in [3.8, 4) is 0 Å².